The Kier molecular flexibility index (Phi) is 10.3. The Morgan fingerprint density at radius 1 is 1.15 bits per heavy atom. The Balaban J connectivity index is 1.36. The predicted octanol–water partition coefficient (Wildman–Crippen LogP) is 8.36. The molecule has 3 heteroatoms. The molecular formula is C36H54O3. The summed E-state index contributed by atoms with van der Waals surface area (Å²) in [5.41, 5.74) is 4.99. The van der Waals surface area contributed by atoms with Crippen LogP contribution >= 0.6 is 0 Å². The minimum atomic E-state index is -0.557. The van der Waals surface area contributed by atoms with Crippen molar-refractivity contribution in [3.8, 4) is 0 Å². The van der Waals surface area contributed by atoms with Gasteiger partial charge >= 0.3 is 0 Å². The van der Waals surface area contributed by atoms with Gasteiger partial charge in [-0.1, -0.05) is 81.3 Å². The summed E-state index contributed by atoms with van der Waals surface area (Å²) in [6.07, 6.45) is 17.1. The van der Waals surface area contributed by atoms with Gasteiger partial charge in [0.15, 0.2) is 0 Å². The van der Waals surface area contributed by atoms with Crippen LogP contribution in [0, 0.1) is 23.2 Å². The molecule has 2 N–H and O–H groups in total. The molecule has 0 radical (unpaired) electrons. The molecule has 0 amide bonds. The number of ether oxygens (including phenoxy) is 1. The monoisotopic (exact) mass is 534 g/mol. The van der Waals surface area contributed by atoms with Crippen LogP contribution in [0.5, 0.6) is 0 Å². The van der Waals surface area contributed by atoms with Crippen LogP contribution in [0.15, 0.2) is 65.8 Å². The molecular weight excluding hydrogens is 480 g/mol. The number of fused-ring (bicyclic) bond motifs is 1. The SMILES string of the molecule is C=C1/C(=C\C=C2/CCC[C@]3(C)[C@@H]([C@H](C)CCCC(C)(C)O)CC[C@@H]23)C[C@@H](O)C[C@@H]1OCCCc1ccccc1. The minimum Gasteiger partial charge on any atom is -0.393 e. The second kappa shape index (κ2) is 13.3. The van der Waals surface area contributed by atoms with Gasteiger partial charge < -0.3 is 14.9 Å². The maximum absolute atomic E-state index is 10.6. The van der Waals surface area contributed by atoms with Crippen LogP contribution in [0.2, 0.25) is 0 Å². The van der Waals surface area contributed by atoms with Gasteiger partial charge in [-0.15, -0.1) is 0 Å². The first-order chi connectivity index (χ1) is 18.6. The Bertz CT molecular complexity index is 1000. The lowest BCUT2D eigenvalue weighted by Gasteiger charge is -2.44. The van der Waals surface area contributed by atoms with Crippen molar-refractivity contribution >= 4 is 0 Å². The molecule has 0 saturated heterocycles. The summed E-state index contributed by atoms with van der Waals surface area (Å²) in [5.74, 6) is 2.13. The Morgan fingerprint density at radius 3 is 2.67 bits per heavy atom. The molecule has 0 aliphatic heterocycles. The molecule has 0 unspecified atom stereocenters. The fourth-order valence-electron chi connectivity index (χ4n) is 8.03. The van der Waals surface area contributed by atoms with Gasteiger partial charge in [0.25, 0.3) is 0 Å². The van der Waals surface area contributed by atoms with Crippen LogP contribution in [0.1, 0.15) is 104 Å². The van der Waals surface area contributed by atoms with E-state index in [-0.39, 0.29) is 12.2 Å². The van der Waals surface area contributed by atoms with Crippen LogP contribution in [0.25, 0.3) is 0 Å². The number of rotatable bonds is 11. The Morgan fingerprint density at radius 2 is 1.92 bits per heavy atom. The van der Waals surface area contributed by atoms with E-state index in [9.17, 15) is 10.2 Å². The summed E-state index contributed by atoms with van der Waals surface area (Å²) < 4.78 is 6.25. The van der Waals surface area contributed by atoms with Gasteiger partial charge in [0.1, 0.15) is 0 Å². The smallest absolute Gasteiger partial charge is 0.0846 e. The van der Waals surface area contributed by atoms with Gasteiger partial charge in [-0.05, 0) is 112 Å². The summed E-state index contributed by atoms with van der Waals surface area (Å²) in [4.78, 5) is 0. The van der Waals surface area contributed by atoms with Crippen LogP contribution in [0.4, 0.5) is 0 Å². The number of benzene rings is 1. The highest BCUT2D eigenvalue weighted by molar-refractivity contribution is 5.39. The number of aliphatic hydroxyl groups excluding tert-OH is 1. The Labute approximate surface area is 238 Å². The van der Waals surface area contributed by atoms with E-state index in [4.69, 9.17) is 4.74 Å². The minimum absolute atomic E-state index is 0.0913. The predicted molar refractivity (Wildman–Crippen MR) is 163 cm³/mol. The molecule has 3 fully saturated rings. The lowest BCUT2D eigenvalue weighted by atomic mass is 9.60. The van der Waals surface area contributed by atoms with Gasteiger partial charge in [-0.2, -0.15) is 0 Å². The van der Waals surface area contributed by atoms with Crippen LogP contribution in [-0.2, 0) is 11.2 Å². The first kappa shape index (κ1) is 30.3. The van der Waals surface area contributed by atoms with Crippen molar-refractivity contribution in [2.24, 2.45) is 23.2 Å². The number of aryl methyl sites for hydroxylation is 1. The largest absolute Gasteiger partial charge is 0.393 e. The zero-order valence-electron chi connectivity index (χ0n) is 25.1. The molecule has 0 aromatic heterocycles. The first-order valence-corrected chi connectivity index (χ1v) is 15.7. The lowest BCUT2D eigenvalue weighted by Crippen LogP contribution is -2.36. The highest BCUT2D eigenvalue weighted by atomic mass is 16.5. The fraction of sp³-hybridized carbons (Fsp3) is 0.667. The number of hydrogen-bond donors (Lipinski definition) is 2. The van der Waals surface area contributed by atoms with Crippen LogP contribution in [0.3, 0.4) is 0 Å². The van der Waals surface area contributed by atoms with E-state index in [1.54, 1.807) is 5.57 Å². The second-order valence-corrected chi connectivity index (χ2v) is 13.8. The molecule has 0 bridgehead atoms. The van der Waals surface area contributed by atoms with Gasteiger partial charge in [0.2, 0.25) is 0 Å². The molecule has 1 aromatic rings. The summed E-state index contributed by atoms with van der Waals surface area (Å²) >= 11 is 0. The van der Waals surface area contributed by atoms with Crippen molar-refractivity contribution in [3.05, 3.63) is 71.3 Å². The van der Waals surface area contributed by atoms with Crippen molar-refractivity contribution in [3.63, 3.8) is 0 Å². The van der Waals surface area contributed by atoms with E-state index in [0.717, 1.165) is 42.7 Å². The molecule has 1 aromatic carbocycles. The molecule has 3 nitrogen and oxygen atoms in total. The highest BCUT2D eigenvalue weighted by Gasteiger charge is 2.50. The number of hydrogen-bond acceptors (Lipinski definition) is 3. The quantitative estimate of drug-likeness (QED) is 0.280. The van der Waals surface area contributed by atoms with E-state index in [2.05, 4.69) is 62.9 Å². The summed E-state index contributed by atoms with van der Waals surface area (Å²) in [7, 11) is 0. The van der Waals surface area contributed by atoms with Crippen molar-refractivity contribution in [1.82, 2.24) is 0 Å². The van der Waals surface area contributed by atoms with Gasteiger partial charge in [0, 0.05) is 13.0 Å². The second-order valence-electron chi connectivity index (χ2n) is 13.8. The van der Waals surface area contributed by atoms with Crippen molar-refractivity contribution in [2.45, 2.75) is 123 Å². The van der Waals surface area contributed by atoms with Gasteiger partial charge in [-0.25, -0.2) is 0 Å². The zero-order valence-corrected chi connectivity index (χ0v) is 25.1. The lowest BCUT2D eigenvalue weighted by molar-refractivity contribution is 0.0245. The maximum atomic E-state index is 10.6. The van der Waals surface area contributed by atoms with Crippen molar-refractivity contribution in [1.29, 1.82) is 0 Å². The van der Waals surface area contributed by atoms with Crippen LogP contribution < -0.4 is 0 Å². The van der Waals surface area contributed by atoms with E-state index in [1.807, 2.05) is 13.8 Å². The molecule has 0 heterocycles. The molecule has 6 atom stereocenters. The maximum Gasteiger partial charge on any atom is 0.0846 e. The van der Waals surface area contributed by atoms with Gasteiger partial charge in [0.05, 0.1) is 17.8 Å². The van der Waals surface area contributed by atoms with Crippen molar-refractivity contribution in [2.75, 3.05) is 6.61 Å². The topological polar surface area (TPSA) is 49.7 Å². The average Bonchev–Trinajstić information content (AvgIpc) is 3.25. The van der Waals surface area contributed by atoms with Crippen molar-refractivity contribution < 1.29 is 14.9 Å². The third kappa shape index (κ3) is 7.96. The highest BCUT2D eigenvalue weighted by Crippen LogP contribution is 2.60. The summed E-state index contributed by atoms with van der Waals surface area (Å²) in [5, 5.41) is 20.8. The molecule has 3 aliphatic rings. The molecule has 3 saturated carbocycles. The number of aliphatic hydroxyl groups is 2. The normalized spacial score (nSPS) is 32.5. The molecule has 216 valence electrons. The Hall–Kier alpha value is -1.68. The molecule has 3 aliphatic carbocycles. The van der Waals surface area contributed by atoms with Crippen LogP contribution in [-0.4, -0.2) is 34.6 Å². The molecule has 39 heavy (non-hydrogen) atoms. The summed E-state index contributed by atoms with van der Waals surface area (Å²) in [6, 6.07) is 10.6. The fourth-order valence-corrected chi connectivity index (χ4v) is 8.03. The standard InChI is InChI=1S/C36H54O3/c1-26(12-9-21-35(3,4)38)32-19-20-33-29(16-10-22-36(32,33)5)17-18-30-24-31(37)25-34(27(30)2)39-23-11-15-28-13-7-6-8-14-28/h6-8,13-14,17-18,26,31-34,37-38H,2,9-12,15-16,19-25H2,1,3-5H3/b29-17+,30-18-/t26-,31-,32-,33+,34+,36-/m1/s1. The summed E-state index contributed by atoms with van der Waals surface area (Å²) in [6.45, 7) is 14.0. The molecule has 0 spiro atoms. The van der Waals surface area contributed by atoms with E-state index in [1.165, 1.54) is 44.1 Å². The average molecular weight is 535 g/mol. The van der Waals surface area contributed by atoms with E-state index < -0.39 is 5.60 Å². The zero-order chi connectivity index (χ0) is 28.0. The molecule has 4 rings (SSSR count). The van der Waals surface area contributed by atoms with E-state index >= 15 is 0 Å². The third-order valence-electron chi connectivity index (χ3n) is 10.2. The third-order valence-corrected chi connectivity index (χ3v) is 10.2. The van der Waals surface area contributed by atoms with Gasteiger partial charge in [-0.3, -0.25) is 0 Å². The first-order valence-electron chi connectivity index (χ1n) is 15.7. The number of allylic oxidation sites excluding steroid dienone is 3. The van der Waals surface area contributed by atoms with E-state index in [0.29, 0.717) is 36.7 Å².